The van der Waals surface area contributed by atoms with E-state index >= 15 is 0 Å². The molecule has 0 amide bonds. The first kappa shape index (κ1) is 32.4. The molecule has 0 bridgehead atoms. The van der Waals surface area contributed by atoms with Gasteiger partial charge in [0.1, 0.15) is 0 Å². The molecule has 0 aliphatic heterocycles. The molecule has 0 spiro atoms. The van der Waals surface area contributed by atoms with Crippen LogP contribution < -0.4 is 0 Å². The zero-order valence-electron chi connectivity index (χ0n) is 29.1. The maximum atomic E-state index is 9.31. The highest BCUT2D eigenvalue weighted by Crippen LogP contribution is 2.34. The van der Waals surface area contributed by atoms with Crippen LogP contribution in [0.2, 0.25) is 0 Å². The number of hydrogen-bond donors (Lipinski definition) is 0. The first-order valence-corrected chi connectivity index (χ1v) is 17.8. The molecule has 0 fully saturated rings. The van der Waals surface area contributed by atoms with Crippen LogP contribution in [0.5, 0.6) is 0 Å². The SMILES string of the molecule is N#Cc1ccc(-c2nc3ccccc3nc2-c2ccc(-c3ccc(-c4ccc(-c5cc(-c6ccccc6)nc(-c6ccccc6)n5)cc4)cc3)cc2)cc1. The van der Waals surface area contributed by atoms with Gasteiger partial charge in [-0.05, 0) is 52.6 Å². The maximum Gasteiger partial charge on any atom is 0.160 e. The molecule has 0 saturated carbocycles. The molecular formula is C49H31N5. The van der Waals surface area contributed by atoms with Gasteiger partial charge in [0.05, 0.1) is 45.4 Å². The Kier molecular flexibility index (Phi) is 8.53. The van der Waals surface area contributed by atoms with Crippen LogP contribution in [0, 0.1) is 11.3 Å². The quantitative estimate of drug-likeness (QED) is 0.166. The lowest BCUT2D eigenvalue weighted by molar-refractivity contribution is 1.18. The number of aromatic nitrogens is 4. The minimum atomic E-state index is 0.610. The van der Waals surface area contributed by atoms with E-state index in [4.69, 9.17) is 19.9 Å². The fourth-order valence-electron chi connectivity index (χ4n) is 6.68. The molecule has 9 aromatic rings. The van der Waals surface area contributed by atoms with Crippen molar-refractivity contribution < 1.29 is 0 Å². The van der Waals surface area contributed by atoms with E-state index in [1.54, 1.807) is 0 Å². The van der Waals surface area contributed by atoms with Gasteiger partial charge in [-0.3, -0.25) is 0 Å². The zero-order valence-corrected chi connectivity index (χ0v) is 29.1. The van der Waals surface area contributed by atoms with Crippen LogP contribution in [0.25, 0.3) is 89.7 Å². The molecule has 0 unspecified atom stereocenters. The minimum absolute atomic E-state index is 0.610. The van der Waals surface area contributed by atoms with E-state index in [0.717, 1.165) is 83.9 Å². The van der Waals surface area contributed by atoms with E-state index < -0.39 is 0 Å². The van der Waals surface area contributed by atoms with Gasteiger partial charge in [0.2, 0.25) is 0 Å². The fourth-order valence-corrected chi connectivity index (χ4v) is 6.68. The van der Waals surface area contributed by atoms with Crippen LogP contribution in [-0.4, -0.2) is 19.9 Å². The summed E-state index contributed by atoms with van der Waals surface area (Å²) in [4.78, 5) is 19.9. The largest absolute Gasteiger partial charge is 0.244 e. The molecular weight excluding hydrogens is 659 g/mol. The third-order valence-corrected chi connectivity index (χ3v) is 9.58. The lowest BCUT2D eigenvalue weighted by atomic mass is 9.97. The summed E-state index contributed by atoms with van der Waals surface area (Å²) in [5, 5.41) is 9.31. The van der Waals surface area contributed by atoms with Crippen molar-refractivity contribution in [2.75, 3.05) is 0 Å². The average molecular weight is 690 g/mol. The molecule has 0 atom stereocenters. The molecule has 0 radical (unpaired) electrons. The Morgan fingerprint density at radius 1 is 0.315 bits per heavy atom. The molecule has 5 nitrogen and oxygen atoms in total. The predicted octanol–water partition coefficient (Wildman–Crippen LogP) is 12.0. The summed E-state index contributed by atoms with van der Waals surface area (Å²) in [6.07, 6.45) is 0. The molecule has 0 N–H and O–H groups in total. The highest BCUT2D eigenvalue weighted by atomic mass is 14.9. The van der Waals surface area contributed by atoms with Crippen molar-refractivity contribution in [3.63, 3.8) is 0 Å². The maximum absolute atomic E-state index is 9.31. The Bertz CT molecular complexity index is 2710. The van der Waals surface area contributed by atoms with E-state index in [0.29, 0.717) is 11.4 Å². The number of nitriles is 1. The molecule has 7 aromatic carbocycles. The zero-order chi connectivity index (χ0) is 36.3. The number of nitrogens with zero attached hydrogens (tertiary/aromatic N) is 5. The molecule has 0 aliphatic carbocycles. The van der Waals surface area contributed by atoms with Gasteiger partial charge in [-0.1, -0.05) is 158 Å². The van der Waals surface area contributed by atoms with Gasteiger partial charge >= 0.3 is 0 Å². The Morgan fingerprint density at radius 3 is 1.11 bits per heavy atom. The lowest BCUT2D eigenvalue weighted by Crippen LogP contribution is -1.95. The van der Waals surface area contributed by atoms with Crippen molar-refractivity contribution in [2.24, 2.45) is 0 Å². The molecule has 54 heavy (non-hydrogen) atoms. The fraction of sp³-hybridized carbons (Fsp3) is 0. The van der Waals surface area contributed by atoms with E-state index in [1.807, 2.05) is 97.1 Å². The van der Waals surface area contributed by atoms with E-state index in [2.05, 4.69) is 97.1 Å². The van der Waals surface area contributed by atoms with Crippen LogP contribution >= 0.6 is 0 Å². The molecule has 0 saturated heterocycles. The summed E-state index contributed by atoms with van der Waals surface area (Å²) < 4.78 is 0. The molecule has 2 heterocycles. The van der Waals surface area contributed by atoms with E-state index in [-0.39, 0.29) is 0 Å². The predicted molar refractivity (Wildman–Crippen MR) is 218 cm³/mol. The summed E-state index contributed by atoms with van der Waals surface area (Å²) in [7, 11) is 0. The second-order valence-corrected chi connectivity index (χ2v) is 13.0. The summed E-state index contributed by atoms with van der Waals surface area (Å²) in [6.45, 7) is 0. The number of para-hydroxylation sites is 2. The highest BCUT2D eigenvalue weighted by molar-refractivity contribution is 5.87. The van der Waals surface area contributed by atoms with Crippen LogP contribution in [0.4, 0.5) is 0 Å². The van der Waals surface area contributed by atoms with Crippen molar-refractivity contribution in [3.8, 4) is 84.7 Å². The van der Waals surface area contributed by atoms with Crippen LogP contribution in [0.15, 0.2) is 188 Å². The first-order valence-electron chi connectivity index (χ1n) is 17.8. The minimum Gasteiger partial charge on any atom is -0.244 e. The van der Waals surface area contributed by atoms with Crippen molar-refractivity contribution in [1.82, 2.24) is 19.9 Å². The smallest absolute Gasteiger partial charge is 0.160 e. The summed E-state index contributed by atoms with van der Waals surface area (Å²) >= 11 is 0. The van der Waals surface area contributed by atoms with E-state index in [1.165, 1.54) is 0 Å². The van der Waals surface area contributed by atoms with Crippen molar-refractivity contribution in [1.29, 1.82) is 5.26 Å². The second-order valence-electron chi connectivity index (χ2n) is 13.0. The third-order valence-electron chi connectivity index (χ3n) is 9.58. The lowest BCUT2D eigenvalue weighted by Gasteiger charge is -2.12. The van der Waals surface area contributed by atoms with Crippen LogP contribution in [-0.2, 0) is 0 Å². The third kappa shape index (κ3) is 6.52. The van der Waals surface area contributed by atoms with Gasteiger partial charge < -0.3 is 0 Å². The van der Waals surface area contributed by atoms with Gasteiger partial charge in [-0.2, -0.15) is 5.26 Å². The molecule has 252 valence electrons. The first-order chi connectivity index (χ1) is 26.7. The molecule has 9 rings (SSSR count). The van der Waals surface area contributed by atoms with Gasteiger partial charge in [0.15, 0.2) is 5.82 Å². The van der Waals surface area contributed by atoms with Gasteiger partial charge in [0, 0.05) is 27.8 Å². The molecule has 5 heteroatoms. The highest BCUT2D eigenvalue weighted by Gasteiger charge is 2.15. The topological polar surface area (TPSA) is 75.3 Å². The summed E-state index contributed by atoms with van der Waals surface area (Å²) in [5.41, 5.74) is 15.1. The van der Waals surface area contributed by atoms with Crippen molar-refractivity contribution in [3.05, 3.63) is 194 Å². The van der Waals surface area contributed by atoms with E-state index in [9.17, 15) is 5.26 Å². The second kappa shape index (κ2) is 14.2. The monoisotopic (exact) mass is 689 g/mol. The normalized spacial score (nSPS) is 10.9. The number of fused-ring (bicyclic) bond motifs is 1. The number of rotatable bonds is 7. The number of hydrogen-bond acceptors (Lipinski definition) is 5. The van der Waals surface area contributed by atoms with Crippen LogP contribution in [0.3, 0.4) is 0 Å². The summed E-state index contributed by atoms with van der Waals surface area (Å²) in [6, 6.07) is 65.8. The van der Waals surface area contributed by atoms with Gasteiger partial charge in [0.25, 0.3) is 0 Å². The van der Waals surface area contributed by atoms with Gasteiger partial charge in [-0.25, -0.2) is 19.9 Å². The average Bonchev–Trinajstić information content (AvgIpc) is 3.26. The Balaban J connectivity index is 0.982. The standard InChI is InChI=1S/C49H31N5/c50-32-33-15-17-40(18-16-33)47-48(52-44-14-8-7-13-43(44)51-47)41-29-25-37(26-30-41)35-21-19-34(20-22-35)36-23-27-39(28-24-36)46-31-45(38-9-3-1-4-10-38)53-49(54-46)42-11-5-2-6-12-42/h1-31H. The Labute approximate surface area is 313 Å². The molecule has 0 aliphatic rings. The molecule has 2 aromatic heterocycles. The van der Waals surface area contributed by atoms with Crippen molar-refractivity contribution >= 4 is 11.0 Å². The number of benzene rings is 7. The Hall–Kier alpha value is -7.55. The van der Waals surface area contributed by atoms with Crippen molar-refractivity contribution in [2.45, 2.75) is 0 Å². The van der Waals surface area contributed by atoms with Gasteiger partial charge in [-0.15, -0.1) is 0 Å². The Morgan fingerprint density at radius 2 is 0.667 bits per heavy atom. The van der Waals surface area contributed by atoms with Crippen LogP contribution in [0.1, 0.15) is 5.56 Å². The summed E-state index contributed by atoms with van der Waals surface area (Å²) in [5.74, 6) is 0.705.